The van der Waals surface area contributed by atoms with Crippen molar-refractivity contribution in [3.05, 3.63) is 84.3 Å². The lowest BCUT2D eigenvalue weighted by atomic mass is 10.0. The summed E-state index contributed by atoms with van der Waals surface area (Å²) in [5.74, 6) is 0.597. The van der Waals surface area contributed by atoms with Crippen molar-refractivity contribution in [2.75, 3.05) is 12.4 Å². The van der Waals surface area contributed by atoms with Crippen molar-refractivity contribution in [3.8, 4) is 5.88 Å². The Morgan fingerprint density at radius 1 is 0.909 bits per heavy atom. The Kier molecular flexibility index (Phi) is 4.30. The second-order valence-electron chi connectivity index (χ2n) is 4.83. The summed E-state index contributed by atoms with van der Waals surface area (Å²) in [5, 5.41) is 3.48. The van der Waals surface area contributed by atoms with E-state index in [1.807, 2.05) is 48.5 Å². The summed E-state index contributed by atoms with van der Waals surface area (Å²) in [5.41, 5.74) is 3.03. The van der Waals surface area contributed by atoms with Crippen LogP contribution in [0.3, 0.4) is 0 Å². The molecule has 3 rings (SSSR count). The third kappa shape index (κ3) is 3.23. The van der Waals surface area contributed by atoms with E-state index in [1.54, 1.807) is 19.5 Å². The highest BCUT2D eigenvalue weighted by Crippen LogP contribution is 2.25. The third-order valence-corrected chi connectivity index (χ3v) is 3.37. The molecule has 4 heteroatoms. The maximum atomic E-state index is 5.09. The van der Waals surface area contributed by atoms with E-state index in [9.17, 15) is 0 Å². The van der Waals surface area contributed by atoms with Crippen LogP contribution in [-0.2, 0) is 0 Å². The Morgan fingerprint density at radius 3 is 2.36 bits per heavy atom. The Bertz CT molecular complexity index is 660. The van der Waals surface area contributed by atoms with Gasteiger partial charge in [-0.25, -0.2) is 4.98 Å². The average Bonchev–Trinajstić information content (AvgIpc) is 2.62. The highest BCUT2D eigenvalue weighted by atomic mass is 16.5. The van der Waals surface area contributed by atoms with Crippen LogP contribution in [0.4, 0.5) is 5.69 Å². The first kappa shape index (κ1) is 14.1. The van der Waals surface area contributed by atoms with Gasteiger partial charge in [-0.3, -0.25) is 4.98 Å². The van der Waals surface area contributed by atoms with Crippen LogP contribution in [0.25, 0.3) is 0 Å². The van der Waals surface area contributed by atoms with Gasteiger partial charge in [0, 0.05) is 12.3 Å². The number of rotatable bonds is 5. The van der Waals surface area contributed by atoms with Crippen LogP contribution in [-0.4, -0.2) is 17.1 Å². The van der Waals surface area contributed by atoms with Gasteiger partial charge >= 0.3 is 0 Å². The zero-order valence-corrected chi connectivity index (χ0v) is 12.3. The first-order chi connectivity index (χ1) is 10.9. The molecule has 1 unspecified atom stereocenters. The van der Waals surface area contributed by atoms with Crippen molar-refractivity contribution in [2.45, 2.75) is 6.04 Å². The molecule has 2 aromatic heterocycles. The molecule has 0 spiro atoms. The van der Waals surface area contributed by atoms with E-state index in [0.29, 0.717) is 5.88 Å². The Balaban J connectivity index is 1.91. The van der Waals surface area contributed by atoms with Crippen LogP contribution in [0.2, 0.25) is 0 Å². The third-order valence-electron chi connectivity index (χ3n) is 3.37. The van der Waals surface area contributed by atoms with Crippen molar-refractivity contribution in [1.29, 1.82) is 0 Å². The first-order valence-corrected chi connectivity index (χ1v) is 7.09. The van der Waals surface area contributed by atoms with Gasteiger partial charge in [-0.1, -0.05) is 36.4 Å². The minimum Gasteiger partial charge on any atom is -0.481 e. The van der Waals surface area contributed by atoms with E-state index in [1.165, 1.54) is 0 Å². The average molecular weight is 291 g/mol. The van der Waals surface area contributed by atoms with E-state index >= 15 is 0 Å². The molecule has 1 atom stereocenters. The van der Waals surface area contributed by atoms with Crippen LogP contribution in [0.1, 0.15) is 17.3 Å². The first-order valence-electron chi connectivity index (χ1n) is 7.09. The topological polar surface area (TPSA) is 47.0 Å². The second-order valence-corrected chi connectivity index (χ2v) is 4.83. The maximum absolute atomic E-state index is 5.09. The number of hydrogen-bond donors (Lipinski definition) is 1. The number of anilines is 1. The summed E-state index contributed by atoms with van der Waals surface area (Å²) < 4.78 is 5.09. The van der Waals surface area contributed by atoms with Crippen molar-refractivity contribution in [1.82, 2.24) is 9.97 Å². The van der Waals surface area contributed by atoms with E-state index in [2.05, 4.69) is 27.4 Å². The van der Waals surface area contributed by atoms with E-state index in [0.717, 1.165) is 16.9 Å². The standard InChI is InChI=1S/C18H17N3O/c1-22-17-11-10-15(13-20-17)21-18(14-7-3-2-4-8-14)16-9-5-6-12-19-16/h2-13,18,21H,1H3. The molecule has 0 bridgehead atoms. The van der Waals surface area contributed by atoms with Gasteiger partial charge in [0.25, 0.3) is 0 Å². The minimum absolute atomic E-state index is 0.0300. The molecule has 0 saturated heterocycles. The van der Waals surface area contributed by atoms with Gasteiger partial charge < -0.3 is 10.1 Å². The molecule has 1 N–H and O–H groups in total. The van der Waals surface area contributed by atoms with Crippen LogP contribution in [0.5, 0.6) is 5.88 Å². The number of benzene rings is 1. The normalized spacial score (nSPS) is 11.7. The maximum Gasteiger partial charge on any atom is 0.213 e. The number of nitrogens with one attached hydrogen (secondary N) is 1. The van der Waals surface area contributed by atoms with Gasteiger partial charge in [0.1, 0.15) is 0 Å². The molecule has 22 heavy (non-hydrogen) atoms. The number of hydrogen-bond acceptors (Lipinski definition) is 4. The molecule has 0 aliphatic heterocycles. The zero-order chi connectivity index (χ0) is 15.2. The molecule has 0 radical (unpaired) electrons. The lowest BCUT2D eigenvalue weighted by Crippen LogP contribution is -2.13. The fraction of sp³-hybridized carbons (Fsp3) is 0.111. The fourth-order valence-corrected chi connectivity index (χ4v) is 2.27. The molecule has 0 amide bonds. The van der Waals surface area contributed by atoms with E-state index in [-0.39, 0.29) is 6.04 Å². The molecule has 4 nitrogen and oxygen atoms in total. The summed E-state index contributed by atoms with van der Waals surface area (Å²) >= 11 is 0. The molecule has 2 heterocycles. The lowest BCUT2D eigenvalue weighted by Gasteiger charge is -2.20. The lowest BCUT2D eigenvalue weighted by molar-refractivity contribution is 0.398. The largest absolute Gasteiger partial charge is 0.481 e. The summed E-state index contributed by atoms with van der Waals surface area (Å²) in [7, 11) is 1.61. The van der Waals surface area contributed by atoms with Crippen molar-refractivity contribution in [3.63, 3.8) is 0 Å². The van der Waals surface area contributed by atoms with Crippen molar-refractivity contribution >= 4 is 5.69 Å². The summed E-state index contributed by atoms with van der Waals surface area (Å²) in [6.45, 7) is 0. The highest BCUT2D eigenvalue weighted by Gasteiger charge is 2.15. The van der Waals surface area contributed by atoms with Crippen LogP contribution >= 0.6 is 0 Å². The SMILES string of the molecule is COc1ccc(NC(c2ccccc2)c2ccccn2)cn1. The molecule has 0 fully saturated rings. The van der Waals surface area contributed by atoms with Crippen LogP contribution in [0, 0.1) is 0 Å². The highest BCUT2D eigenvalue weighted by molar-refractivity contribution is 5.47. The van der Waals surface area contributed by atoms with Crippen molar-refractivity contribution in [2.24, 2.45) is 0 Å². The van der Waals surface area contributed by atoms with Gasteiger partial charge in [0.15, 0.2) is 0 Å². The Morgan fingerprint density at radius 2 is 1.73 bits per heavy atom. The van der Waals surface area contributed by atoms with Crippen LogP contribution < -0.4 is 10.1 Å². The summed E-state index contributed by atoms with van der Waals surface area (Å²) in [4.78, 5) is 8.71. The second kappa shape index (κ2) is 6.72. The smallest absolute Gasteiger partial charge is 0.213 e. The molecule has 0 aliphatic rings. The molecular weight excluding hydrogens is 274 g/mol. The molecular formula is C18H17N3O. The monoisotopic (exact) mass is 291 g/mol. The fourth-order valence-electron chi connectivity index (χ4n) is 2.27. The van der Waals surface area contributed by atoms with E-state index < -0.39 is 0 Å². The van der Waals surface area contributed by atoms with E-state index in [4.69, 9.17) is 4.74 Å². The van der Waals surface area contributed by atoms with Gasteiger partial charge in [-0.05, 0) is 23.8 Å². The van der Waals surface area contributed by atoms with Crippen molar-refractivity contribution < 1.29 is 4.74 Å². The zero-order valence-electron chi connectivity index (χ0n) is 12.3. The predicted molar refractivity (Wildman–Crippen MR) is 86.9 cm³/mol. The molecule has 0 aliphatic carbocycles. The van der Waals surface area contributed by atoms with Gasteiger partial charge in [0.05, 0.1) is 30.7 Å². The van der Waals surface area contributed by atoms with Crippen LogP contribution in [0.15, 0.2) is 73.1 Å². The summed E-state index contributed by atoms with van der Waals surface area (Å²) in [6, 6.07) is 19.9. The quantitative estimate of drug-likeness (QED) is 0.779. The molecule has 3 aromatic rings. The molecule has 110 valence electrons. The summed E-state index contributed by atoms with van der Waals surface area (Å²) in [6.07, 6.45) is 3.57. The number of aromatic nitrogens is 2. The minimum atomic E-state index is -0.0300. The molecule has 0 saturated carbocycles. The number of methoxy groups -OCH3 is 1. The Labute approximate surface area is 129 Å². The number of nitrogens with zero attached hydrogens (tertiary/aromatic N) is 2. The molecule has 1 aromatic carbocycles. The van der Waals surface area contributed by atoms with Gasteiger partial charge in [-0.15, -0.1) is 0 Å². The van der Waals surface area contributed by atoms with Gasteiger partial charge in [0.2, 0.25) is 5.88 Å². The number of pyridine rings is 2. The Hall–Kier alpha value is -2.88. The number of ether oxygens (including phenoxy) is 1. The van der Waals surface area contributed by atoms with Gasteiger partial charge in [-0.2, -0.15) is 0 Å². The predicted octanol–water partition coefficient (Wildman–Crippen LogP) is 3.69.